The second kappa shape index (κ2) is 7.44. The molecule has 0 saturated heterocycles. The number of ether oxygens (including phenoxy) is 1. The van der Waals surface area contributed by atoms with Crippen molar-refractivity contribution in [2.45, 2.75) is 6.42 Å². The highest BCUT2D eigenvalue weighted by Crippen LogP contribution is 2.17. The molecule has 0 aliphatic rings. The lowest BCUT2D eigenvalue weighted by Gasteiger charge is -2.04. The third-order valence-corrected chi connectivity index (χ3v) is 1.56. The zero-order valence-corrected chi connectivity index (χ0v) is 8.51. The molecule has 0 saturated carbocycles. The SMILES string of the molecule is C=CCc1ccccc1OC.O=C(O)O. The quantitative estimate of drug-likeness (QED) is 0.752. The fourth-order valence-electron chi connectivity index (χ4n) is 1.03. The van der Waals surface area contributed by atoms with Crippen LogP contribution in [0.2, 0.25) is 0 Å². The average Bonchev–Trinajstić information content (AvgIpc) is 2.18. The van der Waals surface area contributed by atoms with Crippen LogP contribution in [0.5, 0.6) is 5.75 Å². The summed E-state index contributed by atoms with van der Waals surface area (Å²) >= 11 is 0. The molecule has 0 fully saturated rings. The van der Waals surface area contributed by atoms with Crippen LogP contribution in [0.3, 0.4) is 0 Å². The van der Waals surface area contributed by atoms with E-state index in [2.05, 4.69) is 6.58 Å². The van der Waals surface area contributed by atoms with Crippen molar-refractivity contribution in [3.05, 3.63) is 42.5 Å². The van der Waals surface area contributed by atoms with E-state index in [1.807, 2.05) is 30.3 Å². The van der Waals surface area contributed by atoms with Gasteiger partial charge in [-0.3, -0.25) is 0 Å². The number of benzene rings is 1. The molecule has 0 aliphatic carbocycles. The monoisotopic (exact) mass is 210 g/mol. The Morgan fingerprint density at radius 1 is 1.47 bits per heavy atom. The molecular weight excluding hydrogens is 196 g/mol. The van der Waals surface area contributed by atoms with E-state index in [0.29, 0.717) is 0 Å². The molecule has 0 heterocycles. The number of hydrogen-bond acceptors (Lipinski definition) is 2. The average molecular weight is 210 g/mol. The van der Waals surface area contributed by atoms with Crippen LogP contribution in [0, 0.1) is 0 Å². The van der Waals surface area contributed by atoms with Crippen molar-refractivity contribution in [2.75, 3.05) is 7.11 Å². The van der Waals surface area contributed by atoms with Gasteiger partial charge in [-0.05, 0) is 18.1 Å². The molecule has 0 atom stereocenters. The molecule has 0 amide bonds. The minimum Gasteiger partial charge on any atom is -0.496 e. The summed E-state index contributed by atoms with van der Waals surface area (Å²) in [4.78, 5) is 8.56. The number of hydrogen-bond donors (Lipinski definition) is 2. The van der Waals surface area contributed by atoms with Crippen molar-refractivity contribution in [1.29, 1.82) is 0 Å². The van der Waals surface area contributed by atoms with Gasteiger partial charge in [-0.2, -0.15) is 0 Å². The van der Waals surface area contributed by atoms with Crippen LogP contribution in [-0.2, 0) is 6.42 Å². The second-order valence-corrected chi connectivity index (χ2v) is 2.59. The van der Waals surface area contributed by atoms with E-state index in [9.17, 15) is 0 Å². The van der Waals surface area contributed by atoms with Crippen LogP contribution in [-0.4, -0.2) is 23.5 Å². The third-order valence-electron chi connectivity index (χ3n) is 1.56. The van der Waals surface area contributed by atoms with Gasteiger partial charge in [0, 0.05) is 0 Å². The number of rotatable bonds is 3. The smallest absolute Gasteiger partial charge is 0.496 e. The molecule has 0 aliphatic heterocycles. The summed E-state index contributed by atoms with van der Waals surface area (Å²) in [5.41, 5.74) is 1.19. The predicted molar refractivity (Wildman–Crippen MR) is 57.5 cm³/mol. The Labute approximate surface area is 88.4 Å². The van der Waals surface area contributed by atoms with E-state index in [4.69, 9.17) is 19.7 Å². The first-order chi connectivity index (χ1) is 7.11. The molecule has 1 rings (SSSR count). The Morgan fingerprint density at radius 3 is 2.47 bits per heavy atom. The third kappa shape index (κ3) is 6.15. The van der Waals surface area contributed by atoms with Crippen LogP contribution in [0.25, 0.3) is 0 Å². The van der Waals surface area contributed by atoms with Gasteiger partial charge in [0.25, 0.3) is 0 Å². The standard InChI is InChI=1S/C10H12O.CH2O3/c1-3-6-9-7-4-5-8-10(9)11-2;2-1(3)4/h3-5,7-8H,1,6H2,2H3;(H2,2,3,4). The number of methoxy groups -OCH3 is 1. The van der Waals surface area contributed by atoms with E-state index in [-0.39, 0.29) is 0 Å². The molecule has 0 radical (unpaired) electrons. The number of carboxylic acid groups (broad SMARTS) is 2. The highest BCUT2D eigenvalue weighted by atomic mass is 16.6. The Hall–Kier alpha value is -1.97. The van der Waals surface area contributed by atoms with Gasteiger partial charge in [-0.1, -0.05) is 24.3 Å². The highest BCUT2D eigenvalue weighted by Gasteiger charge is 1.96. The molecule has 0 spiro atoms. The second-order valence-electron chi connectivity index (χ2n) is 2.59. The van der Waals surface area contributed by atoms with Crippen LogP contribution in [0.1, 0.15) is 5.56 Å². The number of carbonyl (C=O) groups is 1. The molecule has 4 nitrogen and oxygen atoms in total. The normalized spacial score (nSPS) is 8.33. The van der Waals surface area contributed by atoms with Crippen LogP contribution >= 0.6 is 0 Å². The van der Waals surface area contributed by atoms with Gasteiger partial charge in [0.1, 0.15) is 5.75 Å². The summed E-state index contributed by atoms with van der Waals surface area (Å²) in [6.07, 6.45) is 0.905. The minimum atomic E-state index is -1.83. The molecule has 2 N–H and O–H groups in total. The Bertz CT molecular complexity index is 316. The first kappa shape index (κ1) is 13.0. The molecular formula is C11H14O4. The summed E-state index contributed by atoms with van der Waals surface area (Å²) in [5.74, 6) is 0.937. The van der Waals surface area contributed by atoms with Gasteiger partial charge in [-0.15, -0.1) is 6.58 Å². The van der Waals surface area contributed by atoms with Crippen LogP contribution < -0.4 is 4.74 Å². The summed E-state index contributed by atoms with van der Waals surface area (Å²) in [6.45, 7) is 3.68. The van der Waals surface area contributed by atoms with Crippen molar-refractivity contribution in [3.63, 3.8) is 0 Å². The lowest BCUT2D eigenvalue weighted by molar-refractivity contribution is 0.137. The molecule has 0 unspecified atom stereocenters. The topological polar surface area (TPSA) is 66.8 Å². The largest absolute Gasteiger partial charge is 0.503 e. The predicted octanol–water partition coefficient (Wildman–Crippen LogP) is 2.65. The number of para-hydroxylation sites is 1. The highest BCUT2D eigenvalue weighted by molar-refractivity contribution is 5.53. The molecule has 4 heteroatoms. The van der Waals surface area contributed by atoms with Gasteiger partial charge < -0.3 is 14.9 Å². The fourth-order valence-corrected chi connectivity index (χ4v) is 1.03. The van der Waals surface area contributed by atoms with Crippen LogP contribution in [0.4, 0.5) is 4.79 Å². The zero-order chi connectivity index (χ0) is 11.7. The zero-order valence-electron chi connectivity index (χ0n) is 8.51. The van der Waals surface area contributed by atoms with Gasteiger partial charge >= 0.3 is 6.16 Å². The van der Waals surface area contributed by atoms with Gasteiger partial charge in [0.15, 0.2) is 0 Å². The number of allylic oxidation sites excluding steroid dienone is 1. The van der Waals surface area contributed by atoms with E-state index in [0.717, 1.165) is 12.2 Å². The first-order valence-corrected chi connectivity index (χ1v) is 4.26. The molecule has 82 valence electrons. The van der Waals surface area contributed by atoms with Crippen molar-refractivity contribution in [1.82, 2.24) is 0 Å². The summed E-state index contributed by atoms with van der Waals surface area (Å²) in [5, 5.41) is 13.9. The van der Waals surface area contributed by atoms with Crippen molar-refractivity contribution < 1.29 is 19.7 Å². The Balaban J connectivity index is 0.000000423. The van der Waals surface area contributed by atoms with E-state index in [1.165, 1.54) is 5.56 Å². The molecule has 15 heavy (non-hydrogen) atoms. The lowest BCUT2D eigenvalue weighted by atomic mass is 10.1. The fraction of sp³-hybridized carbons (Fsp3) is 0.182. The molecule has 1 aromatic carbocycles. The first-order valence-electron chi connectivity index (χ1n) is 4.26. The van der Waals surface area contributed by atoms with Gasteiger partial charge in [-0.25, -0.2) is 4.79 Å². The van der Waals surface area contributed by atoms with E-state index < -0.39 is 6.16 Å². The molecule has 0 bridgehead atoms. The molecule has 1 aromatic rings. The van der Waals surface area contributed by atoms with Gasteiger partial charge in [0.2, 0.25) is 0 Å². The van der Waals surface area contributed by atoms with E-state index >= 15 is 0 Å². The maximum absolute atomic E-state index is 8.56. The maximum Gasteiger partial charge on any atom is 0.503 e. The van der Waals surface area contributed by atoms with Crippen molar-refractivity contribution in [3.8, 4) is 5.75 Å². The van der Waals surface area contributed by atoms with Crippen LogP contribution in [0.15, 0.2) is 36.9 Å². The summed E-state index contributed by atoms with van der Waals surface area (Å²) in [6, 6.07) is 7.96. The summed E-state index contributed by atoms with van der Waals surface area (Å²) < 4.78 is 5.15. The van der Waals surface area contributed by atoms with E-state index in [1.54, 1.807) is 7.11 Å². The molecule has 0 aromatic heterocycles. The Kier molecular flexibility index (Phi) is 6.46. The van der Waals surface area contributed by atoms with Crippen molar-refractivity contribution >= 4 is 6.16 Å². The lowest BCUT2D eigenvalue weighted by Crippen LogP contribution is -1.88. The van der Waals surface area contributed by atoms with Crippen molar-refractivity contribution in [2.24, 2.45) is 0 Å². The minimum absolute atomic E-state index is 0.865. The summed E-state index contributed by atoms with van der Waals surface area (Å²) in [7, 11) is 1.68. The maximum atomic E-state index is 8.56. The Morgan fingerprint density at radius 2 is 2.00 bits per heavy atom. The van der Waals surface area contributed by atoms with Gasteiger partial charge in [0.05, 0.1) is 7.11 Å².